The fraction of sp³-hybridized carbons (Fsp3) is 0.581. The third-order valence-corrected chi connectivity index (χ3v) is 10.5. The quantitative estimate of drug-likeness (QED) is 0.475. The van der Waals surface area contributed by atoms with E-state index in [9.17, 15) is 4.39 Å². The van der Waals surface area contributed by atoms with Crippen LogP contribution >= 0.6 is 0 Å². The summed E-state index contributed by atoms with van der Waals surface area (Å²) in [6.07, 6.45) is 5.18. The Morgan fingerprint density at radius 3 is 2.88 bits per heavy atom. The zero-order valence-electron chi connectivity index (χ0n) is 23.3. The Bertz CT molecular complexity index is 1600. The average molecular weight is 579 g/mol. The van der Waals surface area contributed by atoms with E-state index in [-0.39, 0.29) is 59.1 Å². The minimum Gasteiger partial charge on any atom is -0.475 e. The third kappa shape index (κ3) is 3.78. The molecule has 5 atom stereocenters. The van der Waals surface area contributed by atoms with Gasteiger partial charge in [0.1, 0.15) is 47.6 Å². The Kier molecular flexibility index (Phi) is 5.52. The highest BCUT2D eigenvalue weighted by Gasteiger charge is 2.50. The fourth-order valence-corrected chi connectivity index (χ4v) is 8.34. The van der Waals surface area contributed by atoms with Gasteiger partial charge >= 0.3 is 6.01 Å². The molecule has 1 N–H and O–H groups in total. The van der Waals surface area contributed by atoms with E-state index in [1.165, 1.54) is 6.07 Å². The monoisotopic (exact) mass is 578 g/mol. The number of halogens is 3. The van der Waals surface area contributed by atoms with Gasteiger partial charge in [-0.2, -0.15) is 9.97 Å². The fourth-order valence-electron chi connectivity index (χ4n) is 8.34. The van der Waals surface area contributed by atoms with Crippen molar-refractivity contribution < 1.29 is 22.6 Å². The number of nitrogens with zero attached hydrogens (tertiary/aromatic N) is 5. The number of pyridine rings is 1. The highest BCUT2D eigenvalue weighted by atomic mass is 19.1. The minimum atomic E-state index is -0.883. The summed E-state index contributed by atoms with van der Waals surface area (Å²) in [5.41, 5.74) is 0.631. The molecule has 4 saturated heterocycles. The summed E-state index contributed by atoms with van der Waals surface area (Å²) < 4.78 is 58.8. The van der Waals surface area contributed by atoms with E-state index in [4.69, 9.17) is 19.4 Å². The van der Waals surface area contributed by atoms with Gasteiger partial charge in [-0.3, -0.25) is 4.90 Å². The van der Waals surface area contributed by atoms with E-state index in [0.717, 1.165) is 45.1 Å². The van der Waals surface area contributed by atoms with Crippen molar-refractivity contribution in [1.82, 2.24) is 25.2 Å². The number of nitrogens with one attached hydrogen (secondary N) is 1. The molecular formula is C31H33F3N6O2. The van der Waals surface area contributed by atoms with Gasteiger partial charge in [-0.05, 0) is 57.1 Å². The first-order chi connectivity index (χ1) is 20.5. The summed E-state index contributed by atoms with van der Waals surface area (Å²) in [6, 6.07) is 5.31. The predicted molar refractivity (Wildman–Crippen MR) is 150 cm³/mol. The second-order valence-electron chi connectivity index (χ2n) is 13.1. The number of rotatable bonds is 5. The molecule has 1 aliphatic carbocycles. The summed E-state index contributed by atoms with van der Waals surface area (Å²) >= 11 is 0. The second-order valence-corrected chi connectivity index (χ2v) is 13.1. The summed E-state index contributed by atoms with van der Waals surface area (Å²) in [6.45, 7) is 2.57. The van der Waals surface area contributed by atoms with Crippen molar-refractivity contribution in [2.45, 2.75) is 80.7 Å². The smallest absolute Gasteiger partial charge is 0.319 e. The molecule has 0 radical (unpaired) electrons. The Morgan fingerprint density at radius 1 is 1.10 bits per heavy atom. The summed E-state index contributed by atoms with van der Waals surface area (Å²) in [4.78, 5) is 18.6. The molecular weight excluding hydrogens is 545 g/mol. The Labute approximate surface area is 241 Å². The van der Waals surface area contributed by atoms with Crippen LogP contribution in [0, 0.1) is 11.6 Å². The van der Waals surface area contributed by atoms with Crippen molar-refractivity contribution in [1.29, 1.82) is 0 Å². The predicted octanol–water partition coefficient (Wildman–Crippen LogP) is 4.50. The van der Waals surface area contributed by atoms with Gasteiger partial charge in [0.15, 0.2) is 5.82 Å². The van der Waals surface area contributed by atoms with Crippen molar-refractivity contribution in [3.05, 3.63) is 35.4 Å². The molecule has 5 aliphatic heterocycles. The van der Waals surface area contributed by atoms with Crippen molar-refractivity contribution in [2.24, 2.45) is 0 Å². The number of fused-ring (bicyclic) bond motifs is 6. The highest BCUT2D eigenvalue weighted by molar-refractivity contribution is 5.97. The van der Waals surface area contributed by atoms with Crippen LogP contribution in [0.3, 0.4) is 0 Å². The molecule has 42 heavy (non-hydrogen) atoms. The zero-order chi connectivity index (χ0) is 28.2. The lowest BCUT2D eigenvalue weighted by Crippen LogP contribution is -2.60. The molecule has 0 amide bonds. The summed E-state index contributed by atoms with van der Waals surface area (Å²) in [5.74, 6) is -0.122. The van der Waals surface area contributed by atoms with Crippen molar-refractivity contribution in [3.8, 4) is 23.1 Å². The Balaban J connectivity index is 1.20. The van der Waals surface area contributed by atoms with Gasteiger partial charge in [0, 0.05) is 42.7 Å². The van der Waals surface area contributed by atoms with Crippen molar-refractivity contribution in [2.75, 3.05) is 37.7 Å². The number of benzene rings is 1. The first kappa shape index (κ1) is 25.3. The molecule has 1 unspecified atom stereocenters. The van der Waals surface area contributed by atoms with Crippen LogP contribution in [0.25, 0.3) is 22.2 Å². The number of anilines is 1. The van der Waals surface area contributed by atoms with E-state index in [2.05, 4.69) is 20.1 Å². The lowest BCUT2D eigenvalue weighted by atomic mass is 9.95. The van der Waals surface area contributed by atoms with E-state index >= 15 is 8.78 Å². The molecule has 220 valence electrons. The zero-order valence-corrected chi connectivity index (χ0v) is 23.3. The lowest BCUT2D eigenvalue weighted by molar-refractivity contribution is 0.107. The van der Waals surface area contributed by atoms with Crippen molar-refractivity contribution >= 4 is 16.7 Å². The Morgan fingerprint density at radius 2 is 2.00 bits per heavy atom. The van der Waals surface area contributed by atoms with E-state index in [1.54, 1.807) is 12.1 Å². The molecule has 3 aromatic rings. The normalized spacial score (nSPS) is 31.6. The minimum absolute atomic E-state index is 0.0161. The molecule has 9 rings (SSSR count). The van der Waals surface area contributed by atoms with Crippen LogP contribution in [0.2, 0.25) is 0 Å². The third-order valence-electron chi connectivity index (χ3n) is 10.5. The van der Waals surface area contributed by atoms with Gasteiger partial charge in [0.2, 0.25) is 5.88 Å². The SMILES string of the molecule is Fc1cccc(-c2nc3c4c(nc(OC[C@@]56CCCN5C[C@H](F)C6)nc4c2F)N2C[C@@H]4CC[C@@H](N4)C2CO3)c1C1CC1. The van der Waals surface area contributed by atoms with E-state index in [1.807, 2.05) is 0 Å². The van der Waals surface area contributed by atoms with Crippen molar-refractivity contribution in [3.63, 3.8) is 0 Å². The topological polar surface area (TPSA) is 75.6 Å². The maximum absolute atomic E-state index is 16.7. The molecule has 0 spiro atoms. The van der Waals surface area contributed by atoms with Crippen LogP contribution in [-0.4, -0.2) is 82.5 Å². The van der Waals surface area contributed by atoms with Crippen LogP contribution in [0.4, 0.5) is 19.0 Å². The molecule has 8 nitrogen and oxygen atoms in total. The van der Waals surface area contributed by atoms with Gasteiger partial charge < -0.3 is 19.7 Å². The Hall–Kier alpha value is -3.18. The largest absolute Gasteiger partial charge is 0.475 e. The molecule has 7 heterocycles. The first-order valence-corrected chi connectivity index (χ1v) is 15.3. The number of hydrogen-bond acceptors (Lipinski definition) is 8. The standard InChI is InChI=1S/C31H33F3N6O2/c32-17-11-31(9-2-10-39(31)12-17)15-42-30-37-27-24-28(38-30)40-13-18-7-8-21(35-18)22(40)14-41-29(24)36-26(25(27)34)19-3-1-4-20(33)23(19)16-5-6-16/h1,3-4,16-18,21-22,35H,2,5-15H2/t17-,18+,21-,22?,31+/m1/s1. The highest BCUT2D eigenvalue weighted by Crippen LogP contribution is 2.48. The van der Waals surface area contributed by atoms with Gasteiger partial charge in [0.05, 0.1) is 11.6 Å². The number of ether oxygens (including phenoxy) is 2. The molecule has 1 aromatic carbocycles. The number of piperazine rings is 1. The summed E-state index contributed by atoms with van der Waals surface area (Å²) in [7, 11) is 0. The second kappa shape index (κ2) is 9.16. The van der Waals surface area contributed by atoms with Crippen LogP contribution < -0.4 is 19.7 Å². The molecule has 2 bridgehead atoms. The van der Waals surface area contributed by atoms with E-state index in [0.29, 0.717) is 54.5 Å². The molecule has 11 heteroatoms. The maximum Gasteiger partial charge on any atom is 0.319 e. The van der Waals surface area contributed by atoms with Gasteiger partial charge in [-0.1, -0.05) is 12.1 Å². The first-order valence-electron chi connectivity index (χ1n) is 15.3. The molecule has 5 fully saturated rings. The number of alkyl halides is 1. The number of hydrogen-bond donors (Lipinski definition) is 1. The van der Waals surface area contributed by atoms with Gasteiger partial charge in [-0.15, -0.1) is 0 Å². The van der Waals surface area contributed by atoms with Crippen LogP contribution in [0.1, 0.15) is 56.4 Å². The van der Waals surface area contributed by atoms with Crippen LogP contribution in [-0.2, 0) is 0 Å². The van der Waals surface area contributed by atoms with E-state index < -0.39 is 12.0 Å². The maximum atomic E-state index is 16.7. The van der Waals surface area contributed by atoms with Gasteiger partial charge in [0.25, 0.3) is 0 Å². The van der Waals surface area contributed by atoms with Crippen LogP contribution in [0.5, 0.6) is 11.9 Å². The van der Waals surface area contributed by atoms with Gasteiger partial charge in [-0.25, -0.2) is 18.2 Å². The number of aromatic nitrogens is 3. The summed E-state index contributed by atoms with van der Waals surface area (Å²) in [5, 5.41) is 4.11. The molecule has 1 saturated carbocycles. The lowest BCUT2D eigenvalue weighted by Gasteiger charge is -2.40. The molecule has 6 aliphatic rings. The average Bonchev–Trinajstić information content (AvgIpc) is 3.57. The molecule has 2 aromatic heterocycles. The van der Waals surface area contributed by atoms with Crippen LogP contribution in [0.15, 0.2) is 18.2 Å².